The van der Waals surface area contributed by atoms with Crippen LogP contribution in [0.5, 0.6) is 0 Å². The fourth-order valence-electron chi connectivity index (χ4n) is 1.63. The Morgan fingerprint density at radius 1 is 1.24 bits per heavy atom. The molecule has 1 N–H and O–H groups in total. The van der Waals surface area contributed by atoms with Gasteiger partial charge in [-0.15, -0.1) is 0 Å². The highest BCUT2D eigenvalue weighted by Gasteiger charge is 2.05. The lowest BCUT2D eigenvalue weighted by molar-refractivity contribution is 0.00987. The lowest BCUT2D eigenvalue weighted by Gasteiger charge is -2.11. The summed E-state index contributed by atoms with van der Waals surface area (Å²) in [7, 11) is 1.92. The first-order chi connectivity index (χ1) is 8.13. The lowest BCUT2D eigenvalue weighted by Crippen LogP contribution is -2.14. The summed E-state index contributed by atoms with van der Waals surface area (Å²) in [5, 5.41) is 3.12. The van der Waals surface area contributed by atoms with E-state index in [2.05, 4.69) is 12.2 Å². The highest BCUT2D eigenvalue weighted by atomic mass is 19.3. The summed E-state index contributed by atoms with van der Waals surface area (Å²) < 4.78 is 28.6. The number of hydrogen-bond acceptors (Lipinski definition) is 2. The van der Waals surface area contributed by atoms with Crippen molar-refractivity contribution in [2.45, 2.75) is 25.9 Å². The number of hydrogen-bond donors (Lipinski definition) is 1. The minimum atomic E-state index is -2.40. The van der Waals surface area contributed by atoms with Crippen LogP contribution in [0.25, 0.3) is 0 Å². The molecule has 1 rings (SSSR count). The van der Waals surface area contributed by atoms with E-state index in [0.717, 1.165) is 12.1 Å². The van der Waals surface area contributed by atoms with Gasteiger partial charge in [-0.2, -0.15) is 0 Å². The van der Waals surface area contributed by atoms with Gasteiger partial charge in [0.05, 0.1) is 6.61 Å². The maximum absolute atomic E-state index is 11.9. The van der Waals surface area contributed by atoms with Gasteiger partial charge in [-0.3, -0.25) is 0 Å². The number of ether oxygens (including phenoxy) is 1. The second-order valence-electron chi connectivity index (χ2n) is 4.11. The maximum atomic E-state index is 11.9. The Morgan fingerprint density at radius 3 is 2.41 bits per heavy atom. The third-order valence-electron chi connectivity index (χ3n) is 2.57. The van der Waals surface area contributed by atoms with Gasteiger partial charge >= 0.3 is 0 Å². The monoisotopic (exact) mass is 243 g/mol. The molecule has 17 heavy (non-hydrogen) atoms. The Labute approximate surface area is 101 Å². The molecule has 0 heterocycles. The zero-order valence-electron chi connectivity index (χ0n) is 10.2. The molecule has 2 nitrogen and oxygen atoms in total. The van der Waals surface area contributed by atoms with Crippen molar-refractivity contribution in [3.8, 4) is 0 Å². The van der Waals surface area contributed by atoms with Gasteiger partial charge in [-0.05, 0) is 24.1 Å². The standard InChI is InChI=1S/C13H19F2NO/c1-10(7-16-2)12-5-3-11(4-6-12)8-17-9-13(14)15/h3-6,10,13,16H,7-9H2,1-2H3. The molecule has 1 aromatic carbocycles. The summed E-state index contributed by atoms with van der Waals surface area (Å²) in [5.41, 5.74) is 2.16. The first kappa shape index (κ1) is 14.1. The molecular weight excluding hydrogens is 224 g/mol. The first-order valence-electron chi connectivity index (χ1n) is 5.72. The smallest absolute Gasteiger partial charge is 0.261 e. The fraction of sp³-hybridized carbons (Fsp3) is 0.538. The van der Waals surface area contributed by atoms with Gasteiger partial charge in [0, 0.05) is 6.54 Å². The largest absolute Gasteiger partial charge is 0.371 e. The van der Waals surface area contributed by atoms with E-state index in [4.69, 9.17) is 4.74 Å². The van der Waals surface area contributed by atoms with Crippen LogP contribution in [0.4, 0.5) is 8.78 Å². The van der Waals surface area contributed by atoms with Gasteiger partial charge < -0.3 is 10.1 Å². The van der Waals surface area contributed by atoms with E-state index < -0.39 is 13.0 Å². The molecule has 4 heteroatoms. The first-order valence-corrected chi connectivity index (χ1v) is 5.72. The average Bonchev–Trinajstić information content (AvgIpc) is 2.30. The van der Waals surface area contributed by atoms with E-state index in [-0.39, 0.29) is 6.61 Å². The van der Waals surface area contributed by atoms with Crippen molar-refractivity contribution in [1.82, 2.24) is 5.32 Å². The Kier molecular flexibility index (Phi) is 6.08. The summed E-state index contributed by atoms with van der Waals surface area (Å²) in [6.45, 7) is 2.79. The van der Waals surface area contributed by atoms with Crippen molar-refractivity contribution in [3.05, 3.63) is 35.4 Å². The summed E-state index contributed by atoms with van der Waals surface area (Å²) in [6, 6.07) is 7.88. The molecule has 1 atom stereocenters. The van der Waals surface area contributed by atoms with Gasteiger partial charge in [0.15, 0.2) is 0 Å². The maximum Gasteiger partial charge on any atom is 0.261 e. The minimum absolute atomic E-state index is 0.241. The Morgan fingerprint density at radius 2 is 1.88 bits per heavy atom. The Balaban J connectivity index is 2.44. The average molecular weight is 243 g/mol. The van der Waals surface area contributed by atoms with Crippen molar-refractivity contribution in [2.24, 2.45) is 0 Å². The van der Waals surface area contributed by atoms with E-state index in [1.807, 2.05) is 31.3 Å². The van der Waals surface area contributed by atoms with Crippen LogP contribution >= 0.6 is 0 Å². The van der Waals surface area contributed by atoms with Crippen molar-refractivity contribution >= 4 is 0 Å². The van der Waals surface area contributed by atoms with Gasteiger partial charge in [-0.1, -0.05) is 31.2 Å². The molecule has 0 saturated heterocycles. The molecule has 0 aliphatic carbocycles. The van der Waals surface area contributed by atoms with E-state index in [0.29, 0.717) is 5.92 Å². The number of alkyl halides is 2. The molecule has 1 unspecified atom stereocenters. The van der Waals surface area contributed by atoms with Gasteiger partial charge in [0.25, 0.3) is 6.43 Å². The number of halogens is 2. The molecule has 0 bridgehead atoms. The zero-order chi connectivity index (χ0) is 12.7. The summed E-state index contributed by atoms with van der Waals surface area (Å²) >= 11 is 0. The number of likely N-dealkylation sites (N-methyl/N-ethyl adjacent to an activating group) is 1. The van der Waals surface area contributed by atoms with Gasteiger partial charge in [0.1, 0.15) is 6.61 Å². The molecular formula is C13H19F2NO. The molecule has 0 radical (unpaired) electrons. The molecule has 0 aliphatic heterocycles. The molecule has 0 aliphatic rings. The van der Waals surface area contributed by atoms with Gasteiger partial charge in [-0.25, -0.2) is 8.78 Å². The summed E-state index contributed by atoms with van der Waals surface area (Å²) in [4.78, 5) is 0. The van der Waals surface area contributed by atoms with Crippen LogP contribution in [0.1, 0.15) is 24.0 Å². The molecule has 0 amide bonds. The van der Waals surface area contributed by atoms with Crippen molar-refractivity contribution in [1.29, 1.82) is 0 Å². The van der Waals surface area contributed by atoms with Gasteiger partial charge in [0.2, 0.25) is 0 Å². The van der Waals surface area contributed by atoms with Crippen LogP contribution in [0.3, 0.4) is 0 Å². The molecule has 0 spiro atoms. The Hall–Kier alpha value is -1.00. The predicted octanol–water partition coefficient (Wildman–Crippen LogP) is 2.79. The van der Waals surface area contributed by atoms with Crippen LogP contribution in [0, 0.1) is 0 Å². The highest BCUT2D eigenvalue weighted by molar-refractivity contribution is 5.24. The molecule has 0 fully saturated rings. The van der Waals surface area contributed by atoms with Crippen LogP contribution < -0.4 is 5.32 Å². The lowest BCUT2D eigenvalue weighted by atomic mass is 10.00. The van der Waals surface area contributed by atoms with E-state index in [1.165, 1.54) is 5.56 Å². The number of rotatable bonds is 7. The fourth-order valence-corrected chi connectivity index (χ4v) is 1.63. The third kappa shape index (κ3) is 5.24. The predicted molar refractivity (Wildman–Crippen MR) is 64.4 cm³/mol. The third-order valence-corrected chi connectivity index (χ3v) is 2.57. The molecule has 1 aromatic rings. The highest BCUT2D eigenvalue weighted by Crippen LogP contribution is 2.15. The minimum Gasteiger partial charge on any atom is -0.371 e. The second kappa shape index (κ2) is 7.35. The van der Waals surface area contributed by atoms with Crippen LogP contribution in [0.2, 0.25) is 0 Å². The van der Waals surface area contributed by atoms with Crippen molar-refractivity contribution in [3.63, 3.8) is 0 Å². The summed E-state index contributed by atoms with van der Waals surface area (Å²) in [5.74, 6) is 0.441. The number of nitrogens with one attached hydrogen (secondary N) is 1. The van der Waals surface area contributed by atoms with Crippen molar-refractivity contribution < 1.29 is 13.5 Å². The van der Waals surface area contributed by atoms with Crippen LogP contribution in [0.15, 0.2) is 24.3 Å². The second-order valence-corrected chi connectivity index (χ2v) is 4.11. The van der Waals surface area contributed by atoms with E-state index >= 15 is 0 Å². The van der Waals surface area contributed by atoms with E-state index in [1.54, 1.807) is 0 Å². The topological polar surface area (TPSA) is 21.3 Å². The molecule has 0 aromatic heterocycles. The van der Waals surface area contributed by atoms with Crippen molar-refractivity contribution in [2.75, 3.05) is 20.2 Å². The SMILES string of the molecule is CNCC(C)c1ccc(COCC(F)F)cc1. The molecule has 96 valence electrons. The zero-order valence-corrected chi connectivity index (χ0v) is 10.2. The number of benzene rings is 1. The molecule has 0 saturated carbocycles. The Bertz CT molecular complexity index is 314. The quantitative estimate of drug-likeness (QED) is 0.795. The van der Waals surface area contributed by atoms with Crippen LogP contribution in [-0.2, 0) is 11.3 Å². The van der Waals surface area contributed by atoms with Crippen LogP contribution in [-0.4, -0.2) is 26.6 Å². The summed E-state index contributed by atoms with van der Waals surface area (Å²) in [6.07, 6.45) is -2.40. The normalized spacial score (nSPS) is 13.0. The van der Waals surface area contributed by atoms with E-state index in [9.17, 15) is 8.78 Å².